The molecule has 0 saturated carbocycles. The van der Waals surface area contributed by atoms with Crippen LogP contribution in [0.25, 0.3) is 11.0 Å². The maximum atomic E-state index is 12.0. The van der Waals surface area contributed by atoms with Gasteiger partial charge in [-0.25, -0.2) is 0 Å². The number of benzene rings is 1. The number of H-pyrrole nitrogens is 1. The van der Waals surface area contributed by atoms with Crippen molar-refractivity contribution in [3.63, 3.8) is 0 Å². The monoisotopic (exact) mass is 1520 g/mol. The van der Waals surface area contributed by atoms with Crippen molar-refractivity contribution in [1.29, 1.82) is 0 Å². The number of fused-ring (bicyclic) bond motifs is 1. The Kier molecular flexibility index (Phi) is 67.7. The number of carbonyl (C=O) groups excluding carboxylic acids is 2. The van der Waals surface area contributed by atoms with Gasteiger partial charge >= 0.3 is 0 Å². The average molecular weight is 1520 g/mol. The summed E-state index contributed by atoms with van der Waals surface area (Å²) in [5, 5.41) is 25.2. The van der Waals surface area contributed by atoms with Crippen molar-refractivity contribution in [3.8, 4) is 0 Å². The van der Waals surface area contributed by atoms with Crippen molar-refractivity contribution in [3.05, 3.63) is 23.8 Å². The summed E-state index contributed by atoms with van der Waals surface area (Å²) in [5.41, 5.74) is 2.08. The number of likely N-dealkylation sites (N-methyl/N-ethyl adjacent to an activating group) is 1. The lowest BCUT2D eigenvalue weighted by molar-refractivity contribution is -0.109. The number of ether oxygens (including phenoxy) is 6. The summed E-state index contributed by atoms with van der Waals surface area (Å²) in [4.78, 5) is 39.3. The molecule has 3 aliphatic rings. The number of aliphatic hydroxyl groups is 1. The fourth-order valence-electron chi connectivity index (χ4n) is 12.4. The highest BCUT2D eigenvalue weighted by Crippen LogP contribution is 2.18. The molecule has 2 aromatic rings. The Bertz CT molecular complexity index is 2140. The van der Waals surface area contributed by atoms with Crippen LogP contribution < -0.4 is 10.6 Å². The quantitative estimate of drug-likeness (QED) is 0.0238. The number of aromatic amines is 1. The Morgan fingerprint density at radius 2 is 1.08 bits per heavy atom. The van der Waals surface area contributed by atoms with Crippen LogP contribution in [0, 0.1) is 11.8 Å². The minimum Gasteiger partial charge on any atom is -0.390 e. The van der Waals surface area contributed by atoms with E-state index in [1.165, 1.54) is 172 Å². The van der Waals surface area contributed by atoms with Gasteiger partial charge in [-0.15, -0.1) is 0 Å². The molecule has 21 nitrogen and oxygen atoms in total. The van der Waals surface area contributed by atoms with Crippen molar-refractivity contribution in [1.82, 2.24) is 60.3 Å². The van der Waals surface area contributed by atoms with Gasteiger partial charge in [-0.05, 0) is 219 Å². The van der Waals surface area contributed by atoms with Gasteiger partial charge in [0.05, 0.1) is 71.2 Å². The molecule has 1 aromatic carbocycles. The van der Waals surface area contributed by atoms with E-state index in [4.69, 9.17) is 28.4 Å². The number of amides is 2. The fourth-order valence-corrected chi connectivity index (χ4v) is 14.5. The molecular weight excluding hydrogens is 1360 g/mol. The summed E-state index contributed by atoms with van der Waals surface area (Å²) in [6, 6.07) is 5.85. The van der Waals surface area contributed by atoms with E-state index in [1.54, 1.807) is 18.2 Å². The van der Waals surface area contributed by atoms with Crippen LogP contribution in [-0.4, -0.2) is 330 Å². The van der Waals surface area contributed by atoms with Crippen LogP contribution >= 0.6 is 36.2 Å². The summed E-state index contributed by atoms with van der Waals surface area (Å²) in [6.45, 7) is 60.3. The first kappa shape index (κ1) is 99.1. The van der Waals surface area contributed by atoms with Crippen molar-refractivity contribution >= 4 is 59.5 Å². The molecule has 4 N–H and O–H groups in total. The van der Waals surface area contributed by atoms with Crippen LogP contribution in [-0.2, 0) is 33.2 Å². The van der Waals surface area contributed by atoms with Crippen molar-refractivity contribution in [2.45, 2.75) is 211 Å². The molecule has 3 saturated heterocycles. The average Bonchev–Trinajstić information content (AvgIpc) is 1.74. The van der Waals surface area contributed by atoms with Gasteiger partial charge in [0.1, 0.15) is 11.0 Å². The first-order valence-corrected chi connectivity index (χ1v) is 43.9. The minimum atomic E-state index is -0.417. The maximum absolute atomic E-state index is 12.0. The molecule has 0 spiro atoms. The molecule has 103 heavy (non-hydrogen) atoms. The third-order valence-corrected chi connectivity index (χ3v) is 21.4. The Labute approximate surface area is 644 Å². The number of piperidine rings is 3. The molecular formula is C79H158N12O9S3. The second-order valence-electron chi connectivity index (χ2n) is 28.3. The Hall–Kier alpha value is -1.95. The highest BCUT2D eigenvalue weighted by Gasteiger charge is 2.21. The van der Waals surface area contributed by atoms with Crippen molar-refractivity contribution < 1.29 is 43.1 Å². The van der Waals surface area contributed by atoms with Crippen molar-refractivity contribution in [2.75, 3.05) is 239 Å². The van der Waals surface area contributed by atoms with E-state index in [1.807, 2.05) is 23.5 Å². The lowest BCUT2D eigenvalue weighted by atomic mass is 9.98. The van der Waals surface area contributed by atoms with Gasteiger partial charge in [0.2, 0.25) is 6.41 Å². The van der Waals surface area contributed by atoms with Gasteiger partial charge in [-0.3, -0.25) is 14.5 Å². The molecule has 0 bridgehead atoms. The van der Waals surface area contributed by atoms with Crippen LogP contribution in [0.15, 0.2) is 18.2 Å². The molecule has 4 heterocycles. The molecule has 3 aliphatic heterocycles. The zero-order chi connectivity index (χ0) is 75.6. The minimum absolute atomic E-state index is 0.0722. The van der Waals surface area contributed by atoms with Crippen molar-refractivity contribution in [2.24, 2.45) is 11.8 Å². The van der Waals surface area contributed by atoms with E-state index >= 15 is 0 Å². The zero-order valence-electron chi connectivity index (χ0n) is 68.0. The van der Waals surface area contributed by atoms with E-state index < -0.39 is 6.10 Å². The third-order valence-electron chi connectivity index (χ3n) is 18.8. The number of nitrogens with zero attached hydrogens (tertiary/aromatic N) is 9. The Morgan fingerprint density at radius 1 is 0.544 bits per heavy atom. The summed E-state index contributed by atoms with van der Waals surface area (Å²) < 4.78 is 34.8. The third kappa shape index (κ3) is 55.2. The number of thiol groups is 1. The number of thioether (sulfide) groups is 2. The first-order chi connectivity index (χ1) is 50.1. The molecule has 24 heteroatoms. The number of nitrogens with one attached hydrogen (secondary N) is 3. The van der Waals surface area contributed by atoms with Gasteiger partial charge < -0.3 is 73.6 Å². The summed E-state index contributed by atoms with van der Waals surface area (Å²) in [5.74, 6) is 6.17. The highest BCUT2D eigenvalue weighted by atomic mass is 32.2. The number of rotatable bonds is 57. The number of aromatic nitrogens is 3. The number of hydrogen-bond donors (Lipinski definition) is 5. The molecule has 2 amide bonds. The normalized spacial score (nSPS) is 16.4. The van der Waals surface area contributed by atoms with E-state index in [-0.39, 0.29) is 12.0 Å². The van der Waals surface area contributed by atoms with Gasteiger partial charge in [-0.2, -0.15) is 51.6 Å². The SMILES string of the molecule is CC(CN1CCCCC1)OCC(C)C(C)COCC(C)N1CCCCC1.CCCN(CCC)CCOCCOCC(C)OCCN(CCC)CCC.CCCN(CCC)CCSCCSCCNC=O.CCN(CC)CCNC(=O)c1ccc2n[nH]nc2c1.OC(CS)COCCN1CCCCC1. The lowest BCUT2D eigenvalue weighted by Gasteiger charge is -2.32. The second-order valence-corrected chi connectivity index (χ2v) is 31.1. The van der Waals surface area contributed by atoms with Gasteiger partial charge in [0, 0.05) is 106 Å². The topological polar surface area (TPSA) is 198 Å². The van der Waals surface area contributed by atoms with Gasteiger partial charge in [-0.1, -0.05) is 88.5 Å². The first-order valence-electron chi connectivity index (χ1n) is 41.0. The number of hydrogen-bond acceptors (Lipinski definition) is 21. The standard InChI is InChI=1S/C22H44N2O2.C21H46N2O3.C13H19N5O.C13H28N2OS2.C10H21NO2S/c1-19(16-25-18-21(3)24-13-9-6-10-14-24)20(2)17-26-22(4)15-23-11-7-5-8-12-23;1-6-10-22(11-7-2)14-16-24-18-19-25-20-21(5)26-17-15-23(12-8-3)13-9-4;1-3-18(4-2)8-7-14-13(19)10-5-6-11-12(9-10)16-17-15-11;1-3-6-15(7-4-2)8-10-18-12-11-17-9-5-14-13-16;12-10(9-14)8-13-7-6-11-4-2-1-3-5-11/h19-22H,5-18H2,1-4H3;21H,6-20H2,1-5H3;5-6,9H,3-4,7-8H2,1-2H3,(H,14,19)(H,15,16,17);13H,3-12H2,1-2H3,(H,14,16);10,12,14H,1-9H2. The highest BCUT2D eigenvalue weighted by molar-refractivity contribution is 8.02. The van der Waals surface area contributed by atoms with Crippen LogP contribution in [0.3, 0.4) is 0 Å². The summed E-state index contributed by atoms with van der Waals surface area (Å²) in [6.07, 6.45) is 20.4. The van der Waals surface area contributed by atoms with Crippen LogP contribution in [0.2, 0.25) is 0 Å². The van der Waals surface area contributed by atoms with Crippen LogP contribution in [0.1, 0.15) is 197 Å². The predicted octanol–water partition coefficient (Wildman–Crippen LogP) is 11.8. The van der Waals surface area contributed by atoms with E-state index in [0.29, 0.717) is 73.8 Å². The maximum Gasteiger partial charge on any atom is 0.251 e. The van der Waals surface area contributed by atoms with Crippen LogP contribution in [0.4, 0.5) is 0 Å². The molecule has 6 atom stereocenters. The summed E-state index contributed by atoms with van der Waals surface area (Å²) in [7, 11) is 0. The van der Waals surface area contributed by atoms with Gasteiger partial charge in [0.25, 0.3) is 5.91 Å². The summed E-state index contributed by atoms with van der Waals surface area (Å²) >= 11 is 7.94. The lowest BCUT2D eigenvalue weighted by Crippen LogP contribution is -2.40. The predicted molar refractivity (Wildman–Crippen MR) is 442 cm³/mol. The molecule has 3 fully saturated rings. The molecule has 5 rings (SSSR count). The number of carbonyl (C=O) groups is 2. The van der Waals surface area contributed by atoms with E-state index in [0.717, 1.165) is 136 Å². The molecule has 0 radical (unpaired) electrons. The Balaban J connectivity index is 0.000000654. The Morgan fingerprint density at radius 3 is 1.66 bits per heavy atom. The largest absolute Gasteiger partial charge is 0.390 e. The smallest absolute Gasteiger partial charge is 0.251 e. The number of aliphatic hydroxyl groups excluding tert-OH is 1. The van der Waals surface area contributed by atoms with E-state index in [2.05, 4.69) is 163 Å². The zero-order valence-corrected chi connectivity index (χ0v) is 70.6. The molecule has 1 aromatic heterocycles. The molecule has 0 aliphatic carbocycles. The fraction of sp³-hybridized carbons (Fsp3) is 0.899. The van der Waals surface area contributed by atoms with Crippen LogP contribution in [0.5, 0.6) is 0 Å². The molecule has 6 unspecified atom stereocenters. The van der Waals surface area contributed by atoms with E-state index in [9.17, 15) is 14.7 Å². The van der Waals surface area contributed by atoms with Gasteiger partial charge in [0.15, 0.2) is 0 Å². The molecule has 606 valence electrons. The number of likely N-dealkylation sites (tertiary alicyclic amines) is 3. The second kappa shape index (κ2) is 70.4.